The molecule has 1 heterocycles. The molecule has 34 heavy (non-hydrogen) atoms. The van der Waals surface area contributed by atoms with E-state index in [4.69, 9.17) is 0 Å². The number of aromatic hydroxyl groups is 1. The lowest BCUT2D eigenvalue weighted by Crippen LogP contribution is -2.30. The second-order valence-electron chi connectivity index (χ2n) is 8.47. The quantitative estimate of drug-likeness (QED) is 0.312. The minimum Gasteiger partial charge on any atom is -0.507 e. The van der Waals surface area contributed by atoms with Gasteiger partial charge in [-0.15, -0.1) is 0 Å². The molecule has 0 aliphatic heterocycles. The molecule has 0 radical (unpaired) electrons. The molecule has 0 aliphatic carbocycles. The predicted molar refractivity (Wildman–Crippen MR) is 133 cm³/mol. The van der Waals surface area contributed by atoms with E-state index >= 15 is 0 Å². The molecule has 6 heteroatoms. The van der Waals surface area contributed by atoms with E-state index in [1.54, 1.807) is 24.4 Å². The number of benzene rings is 2. The molecule has 0 atom stereocenters. The van der Waals surface area contributed by atoms with Gasteiger partial charge in [-0.05, 0) is 54.3 Å². The second-order valence-corrected chi connectivity index (χ2v) is 8.47. The smallest absolute Gasteiger partial charge is 0.339 e. The van der Waals surface area contributed by atoms with Crippen LogP contribution in [-0.4, -0.2) is 27.1 Å². The highest BCUT2D eigenvalue weighted by Gasteiger charge is 2.21. The van der Waals surface area contributed by atoms with Gasteiger partial charge < -0.3 is 15.1 Å². The highest BCUT2D eigenvalue weighted by Crippen LogP contribution is 2.27. The average Bonchev–Trinajstić information content (AvgIpc) is 2.86. The van der Waals surface area contributed by atoms with E-state index in [-0.39, 0.29) is 23.8 Å². The van der Waals surface area contributed by atoms with Crippen LogP contribution < -0.4 is 4.90 Å². The lowest BCUT2D eigenvalue weighted by atomic mass is 10.0. The molecule has 0 bridgehead atoms. The maximum Gasteiger partial charge on any atom is 0.339 e. The fourth-order valence-electron chi connectivity index (χ4n) is 3.89. The van der Waals surface area contributed by atoms with Crippen LogP contribution in [0.5, 0.6) is 5.75 Å². The molecule has 3 aromatic rings. The molecular weight excluding hydrogens is 428 g/mol. The Morgan fingerprint density at radius 1 is 0.912 bits per heavy atom. The first-order valence-electron chi connectivity index (χ1n) is 11.9. The molecule has 178 valence electrons. The normalized spacial score (nSPS) is 10.7. The number of carbonyl (C=O) groups is 2. The van der Waals surface area contributed by atoms with Gasteiger partial charge in [0.2, 0.25) is 0 Å². The van der Waals surface area contributed by atoms with Crippen molar-refractivity contribution >= 4 is 17.6 Å². The first-order valence-corrected chi connectivity index (χ1v) is 11.9. The van der Waals surface area contributed by atoms with Gasteiger partial charge in [-0.3, -0.25) is 9.78 Å². The van der Waals surface area contributed by atoms with Crippen LogP contribution in [0.1, 0.15) is 77.3 Å². The number of hydrogen-bond donors (Lipinski definition) is 2. The van der Waals surface area contributed by atoms with Gasteiger partial charge in [0.1, 0.15) is 11.3 Å². The molecule has 0 unspecified atom stereocenters. The van der Waals surface area contributed by atoms with Crippen LogP contribution in [0.4, 0.5) is 5.69 Å². The van der Waals surface area contributed by atoms with Crippen LogP contribution in [0.25, 0.3) is 0 Å². The molecule has 0 saturated carbocycles. The molecule has 0 fully saturated rings. The number of aromatic nitrogens is 1. The van der Waals surface area contributed by atoms with Crippen molar-refractivity contribution in [1.82, 2.24) is 4.98 Å². The second kappa shape index (κ2) is 12.5. The maximum atomic E-state index is 13.3. The number of nitrogens with zero attached hydrogens (tertiary/aromatic N) is 2. The van der Waals surface area contributed by atoms with Crippen LogP contribution in [0, 0.1) is 0 Å². The summed E-state index contributed by atoms with van der Waals surface area (Å²) in [6.07, 6.45) is 11.7. The Morgan fingerprint density at radius 3 is 2.29 bits per heavy atom. The lowest BCUT2D eigenvalue weighted by Gasteiger charge is -2.24. The fourth-order valence-corrected chi connectivity index (χ4v) is 3.89. The number of unbranched alkanes of at least 4 members (excludes halogenated alkanes) is 5. The summed E-state index contributed by atoms with van der Waals surface area (Å²) in [6.45, 7) is 2.48. The van der Waals surface area contributed by atoms with Gasteiger partial charge in [-0.25, -0.2) is 4.79 Å². The minimum atomic E-state index is -1.26. The highest BCUT2D eigenvalue weighted by molar-refractivity contribution is 6.06. The SMILES string of the molecule is CCCCCCCCc1ccc(CN(C(=O)c2cccnc2)c2ccc(O)c(C(=O)O)c2)cc1. The molecule has 6 nitrogen and oxygen atoms in total. The Kier molecular flexibility index (Phi) is 9.21. The van der Waals surface area contributed by atoms with Crippen molar-refractivity contribution in [2.75, 3.05) is 4.90 Å². The van der Waals surface area contributed by atoms with Gasteiger partial charge >= 0.3 is 5.97 Å². The Balaban J connectivity index is 1.76. The van der Waals surface area contributed by atoms with Crippen LogP contribution in [0.2, 0.25) is 0 Å². The van der Waals surface area contributed by atoms with Crippen molar-refractivity contribution in [3.8, 4) is 5.75 Å². The molecule has 0 saturated heterocycles. The van der Waals surface area contributed by atoms with Gasteiger partial charge in [-0.2, -0.15) is 0 Å². The van der Waals surface area contributed by atoms with Crippen LogP contribution in [0.3, 0.4) is 0 Å². The summed E-state index contributed by atoms with van der Waals surface area (Å²) in [7, 11) is 0. The number of aryl methyl sites for hydroxylation is 1. The third-order valence-electron chi connectivity index (χ3n) is 5.86. The van der Waals surface area contributed by atoms with Gasteiger partial charge in [0, 0.05) is 18.1 Å². The monoisotopic (exact) mass is 460 g/mol. The number of carboxylic acids is 1. The Hall–Kier alpha value is -3.67. The Bertz CT molecular complexity index is 1080. The molecule has 0 aliphatic rings. The summed E-state index contributed by atoms with van der Waals surface area (Å²) in [5, 5.41) is 19.3. The van der Waals surface area contributed by atoms with E-state index in [2.05, 4.69) is 24.0 Å². The molecule has 2 N–H and O–H groups in total. The van der Waals surface area contributed by atoms with Crippen molar-refractivity contribution in [2.45, 2.75) is 58.4 Å². The number of rotatable bonds is 12. The molecule has 3 rings (SSSR count). The number of hydrogen-bond acceptors (Lipinski definition) is 4. The highest BCUT2D eigenvalue weighted by atomic mass is 16.4. The van der Waals surface area contributed by atoms with Crippen molar-refractivity contribution in [3.05, 3.63) is 89.2 Å². The van der Waals surface area contributed by atoms with Crippen molar-refractivity contribution in [2.24, 2.45) is 0 Å². The summed E-state index contributed by atoms with van der Waals surface area (Å²) in [5.74, 6) is -1.90. The number of pyridine rings is 1. The first kappa shape index (κ1) is 25.0. The van der Waals surface area contributed by atoms with Gasteiger partial charge in [0.05, 0.1) is 12.1 Å². The third kappa shape index (κ3) is 6.91. The molecule has 1 aromatic heterocycles. The first-order chi connectivity index (χ1) is 16.5. The van der Waals surface area contributed by atoms with Crippen LogP contribution in [0.15, 0.2) is 67.0 Å². The molecule has 1 amide bonds. The van der Waals surface area contributed by atoms with E-state index in [0.29, 0.717) is 11.3 Å². The summed E-state index contributed by atoms with van der Waals surface area (Å²) >= 11 is 0. The summed E-state index contributed by atoms with van der Waals surface area (Å²) in [4.78, 5) is 30.4. The summed E-state index contributed by atoms with van der Waals surface area (Å²) in [5.41, 5.74) is 2.72. The van der Waals surface area contributed by atoms with Gasteiger partial charge in [0.25, 0.3) is 5.91 Å². The van der Waals surface area contributed by atoms with Gasteiger partial charge in [-0.1, -0.05) is 63.3 Å². The summed E-state index contributed by atoms with van der Waals surface area (Å²) in [6, 6.07) is 15.7. The van der Waals surface area contributed by atoms with E-state index < -0.39 is 5.97 Å². The zero-order valence-electron chi connectivity index (χ0n) is 19.6. The van der Waals surface area contributed by atoms with E-state index in [1.165, 1.54) is 67.3 Å². The Morgan fingerprint density at radius 2 is 1.62 bits per heavy atom. The molecule has 0 spiro atoms. The maximum absolute atomic E-state index is 13.3. The van der Waals surface area contributed by atoms with Gasteiger partial charge in [0.15, 0.2) is 0 Å². The fraction of sp³-hybridized carbons (Fsp3) is 0.321. The van der Waals surface area contributed by atoms with Crippen molar-refractivity contribution < 1.29 is 19.8 Å². The van der Waals surface area contributed by atoms with E-state index in [0.717, 1.165) is 12.0 Å². The van der Waals surface area contributed by atoms with Crippen molar-refractivity contribution in [3.63, 3.8) is 0 Å². The van der Waals surface area contributed by atoms with Crippen LogP contribution >= 0.6 is 0 Å². The predicted octanol–water partition coefficient (Wildman–Crippen LogP) is 6.24. The topological polar surface area (TPSA) is 90.7 Å². The lowest BCUT2D eigenvalue weighted by molar-refractivity contribution is 0.0693. The van der Waals surface area contributed by atoms with Crippen LogP contribution in [-0.2, 0) is 13.0 Å². The number of aromatic carboxylic acids is 1. The summed E-state index contributed by atoms with van der Waals surface area (Å²) < 4.78 is 0. The molecule has 2 aromatic carbocycles. The number of carbonyl (C=O) groups excluding carboxylic acids is 1. The minimum absolute atomic E-state index is 0.254. The third-order valence-corrected chi connectivity index (χ3v) is 5.86. The molecular formula is C28H32N2O4. The average molecular weight is 461 g/mol. The van der Waals surface area contributed by atoms with E-state index in [9.17, 15) is 19.8 Å². The number of amides is 1. The number of anilines is 1. The van der Waals surface area contributed by atoms with Crippen molar-refractivity contribution in [1.29, 1.82) is 0 Å². The zero-order valence-corrected chi connectivity index (χ0v) is 19.6. The zero-order chi connectivity index (χ0) is 24.3. The van der Waals surface area contributed by atoms with E-state index in [1.807, 2.05) is 12.1 Å². The standard InChI is InChI=1S/C28H32N2O4/c1-2-3-4-5-6-7-9-21-11-13-22(14-12-21)20-30(27(32)23-10-8-17-29-19-23)24-15-16-26(31)25(18-24)28(33)34/h8,10-19,31H,2-7,9,20H2,1H3,(H,33,34). The number of carboxylic acid groups (broad SMARTS) is 1. The Labute approximate surface area is 200 Å². The number of phenols is 1. The largest absolute Gasteiger partial charge is 0.507 e.